The Morgan fingerprint density at radius 3 is 2.40 bits per heavy atom. The van der Waals surface area contributed by atoms with Crippen molar-refractivity contribution in [3.05, 3.63) is 65.2 Å². The van der Waals surface area contributed by atoms with E-state index in [9.17, 15) is 22.0 Å². The van der Waals surface area contributed by atoms with Gasteiger partial charge in [0.05, 0.1) is 23.1 Å². The van der Waals surface area contributed by atoms with Crippen LogP contribution in [0.15, 0.2) is 47.4 Å². The van der Waals surface area contributed by atoms with Gasteiger partial charge in [0.25, 0.3) is 5.91 Å². The highest BCUT2D eigenvalue weighted by Crippen LogP contribution is 2.22. The lowest BCUT2D eigenvalue weighted by atomic mass is 10.1. The summed E-state index contributed by atoms with van der Waals surface area (Å²) in [4.78, 5) is 12.6. The number of ether oxygens (including phenoxy) is 1. The summed E-state index contributed by atoms with van der Waals surface area (Å²) in [6.45, 7) is 5.71. The van der Waals surface area contributed by atoms with Crippen molar-refractivity contribution in [1.29, 1.82) is 0 Å². The van der Waals surface area contributed by atoms with Crippen molar-refractivity contribution in [2.24, 2.45) is 0 Å². The lowest BCUT2D eigenvalue weighted by Crippen LogP contribution is -2.48. The number of nitrogens with zero attached hydrogens (tertiary/aromatic N) is 1. The summed E-state index contributed by atoms with van der Waals surface area (Å²) < 4.78 is 59.6. The predicted octanol–water partition coefficient (Wildman–Crippen LogP) is 3.25. The van der Waals surface area contributed by atoms with Crippen molar-refractivity contribution < 1.29 is 26.7 Å². The van der Waals surface area contributed by atoms with Crippen LogP contribution in [0.1, 0.15) is 42.7 Å². The van der Waals surface area contributed by atoms with Crippen LogP contribution in [0.25, 0.3) is 0 Å². The van der Waals surface area contributed by atoms with Gasteiger partial charge in [-0.2, -0.15) is 4.31 Å². The zero-order valence-corrected chi connectivity index (χ0v) is 17.7. The van der Waals surface area contributed by atoms with Gasteiger partial charge in [-0.3, -0.25) is 4.79 Å². The Bertz CT molecular complexity index is 1040. The molecule has 1 aliphatic rings. The number of carbonyl (C=O) groups is 1. The van der Waals surface area contributed by atoms with Gasteiger partial charge in [-0.15, -0.1) is 0 Å². The second kappa shape index (κ2) is 8.79. The summed E-state index contributed by atoms with van der Waals surface area (Å²) in [6, 6.07) is 8.53. The third kappa shape index (κ3) is 4.85. The Labute approximate surface area is 174 Å². The van der Waals surface area contributed by atoms with Gasteiger partial charge in [-0.1, -0.05) is 12.1 Å². The number of benzene rings is 2. The molecule has 3 rings (SSSR count). The minimum absolute atomic E-state index is 0.0110. The standard InChI is InChI=1S/C21H24F2N2O4S/c1-13-11-25(12-14(2)29-13)30(27,28)18-6-4-5-17(9-18)21(26)24-15(3)16-7-8-19(22)20(23)10-16/h4-10,13-15H,11-12H2,1-3H3,(H,24,26). The number of carbonyl (C=O) groups excluding carboxylic acids is 1. The lowest BCUT2D eigenvalue weighted by Gasteiger charge is -2.34. The molecule has 1 aliphatic heterocycles. The van der Waals surface area contributed by atoms with Crippen LogP contribution >= 0.6 is 0 Å². The zero-order valence-electron chi connectivity index (χ0n) is 16.9. The summed E-state index contributed by atoms with van der Waals surface area (Å²) in [5.74, 6) is -2.49. The van der Waals surface area contributed by atoms with Crippen molar-refractivity contribution in [3.63, 3.8) is 0 Å². The first-order valence-electron chi connectivity index (χ1n) is 9.59. The van der Waals surface area contributed by atoms with Crippen LogP contribution in [0.4, 0.5) is 8.78 Å². The van der Waals surface area contributed by atoms with Gasteiger partial charge in [-0.05, 0) is 56.7 Å². The van der Waals surface area contributed by atoms with Crippen LogP contribution < -0.4 is 5.32 Å². The second-order valence-electron chi connectivity index (χ2n) is 7.48. The Balaban J connectivity index is 1.78. The van der Waals surface area contributed by atoms with E-state index in [1.165, 1.54) is 34.6 Å². The number of rotatable bonds is 5. The molecule has 3 atom stereocenters. The maximum atomic E-state index is 13.4. The molecule has 0 bridgehead atoms. The fraction of sp³-hybridized carbons (Fsp3) is 0.381. The fourth-order valence-electron chi connectivity index (χ4n) is 3.42. The molecule has 2 aromatic rings. The van der Waals surface area contributed by atoms with Crippen molar-refractivity contribution in [3.8, 4) is 0 Å². The van der Waals surface area contributed by atoms with Crippen LogP contribution in [0.5, 0.6) is 0 Å². The number of halogens is 2. The molecular formula is C21H24F2N2O4S. The van der Waals surface area contributed by atoms with E-state index in [1.54, 1.807) is 6.92 Å². The predicted molar refractivity (Wildman–Crippen MR) is 107 cm³/mol. The molecule has 0 aliphatic carbocycles. The number of amides is 1. The molecule has 1 N–H and O–H groups in total. The van der Waals surface area contributed by atoms with E-state index < -0.39 is 33.6 Å². The molecule has 0 aromatic heterocycles. The molecule has 30 heavy (non-hydrogen) atoms. The van der Waals surface area contributed by atoms with E-state index in [2.05, 4.69) is 5.32 Å². The second-order valence-corrected chi connectivity index (χ2v) is 9.41. The first-order valence-corrected chi connectivity index (χ1v) is 11.0. The Hall–Kier alpha value is -2.36. The minimum atomic E-state index is -3.79. The van der Waals surface area contributed by atoms with Gasteiger partial charge in [0.2, 0.25) is 10.0 Å². The maximum Gasteiger partial charge on any atom is 0.251 e. The molecular weight excluding hydrogens is 414 g/mol. The Morgan fingerprint density at radius 1 is 1.10 bits per heavy atom. The number of nitrogens with one attached hydrogen (secondary N) is 1. The largest absolute Gasteiger partial charge is 0.373 e. The first kappa shape index (κ1) is 22.3. The molecule has 1 heterocycles. The first-order chi connectivity index (χ1) is 14.1. The Kier molecular flexibility index (Phi) is 6.54. The number of hydrogen-bond acceptors (Lipinski definition) is 4. The molecule has 0 spiro atoms. The molecule has 9 heteroatoms. The third-order valence-electron chi connectivity index (χ3n) is 4.91. The van der Waals surface area contributed by atoms with Gasteiger partial charge >= 0.3 is 0 Å². The lowest BCUT2D eigenvalue weighted by molar-refractivity contribution is -0.0440. The van der Waals surface area contributed by atoms with Gasteiger partial charge in [0.1, 0.15) is 0 Å². The molecule has 0 saturated carbocycles. The van der Waals surface area contributed by atoms with Gasteiger partial charge in [-0.25, -0.2) is 17.2 Å². The van der Waals surface area contributed by atoms with Crippen LogP contribution in [-0.4, -0.2) is 43.9 Å². The van der Waals surface area contributed by atoms with Crippen LogP contribution in [-0.2, 0) is 14.8 Å². The van der Waals surface area contributed by atoms with Gasteiger partial charge in [0, 0.05) is 18.7 Å². The molecule has 1 amide bonds. The highest BCUT2D eigenvalue weighted by molar-refractivity contribution is 7.89. The molecule has 6 nitrogen and oxygen atoms in total. The van der Waals surface area contributed by atoms with Crippen LogP contribution in [0.3, 0.4) is 0 Å². The molecule has 3 unspecified atom stereocenters. The van der Waals surface area contributed by atoms with E-state index in [4.69, 9.17) is 4.74 Å². The van der Waals surface area contributed by atoms with Gasteiger partial charge < -0.3 is 10.1 Å². The van der Waals surface area contributed by atoms with Crippen molar-refractivity contribution in [2.75, 3.05) is 13.1 Å². The highest BCUT2D eigenvalue weighted by Gasteiger charge is 2.32. The third-order valence-corrected chi connectivity index (χ3v) is 6.74. The summed E-state index contributed by atoms with van der Waals surface area (Å²) >= 11 is 0. The van der Waals surface area contributed by atoms with Crippen LogP contribution in [0.2, 0.25) is 0 Å². The smallest absolute Gasteiger partial charge is 0.251 e. The fourth-order valence-corrected chi connectivity index (χ4v) is 5.06. The summed E-state index contributed by atoms with van der Waals surface area (Å²) in [5.41, 5.74) is 0.544. The monoisotopic (exact) mass is 438 g/mol. The van der Waals surface area contributed by atoms with Crippen LogP contribution in [0, 0.1) is 11.6 Å². The van der Waals surface area contributed by atoms with E-state index in [0.29, 0.717) is 5.56 Å². The Morgan fingerprint density at radius 2 is 1.77 bits per heavy atom. The van der Waals surface area contributed by atoms with E-state index >= 15 is 0 Å². The van der Waals surface area contributed by atoms with Crippen molar-refractivity contribution >= 4 is 15.9 Å². The molecule has 2 aromatic carbocycles. The maximum absolute atomic E-state index is 13.4. The molecule has 0 radical (unpaired) electrons. The number of morpholine rings is 1. The molecule has 162 valence electrons. The van der Waals surface area contributed by atoms with Crippen molar-refractivity contribution in [1.82, 2.24) is 9.62 Å². The summed E-state index contributed by atoms with van der Waals surface area (Å²) in [7, 11) is -3.79. The average molecular weight is 438 g/mol. The topological polar surface area (TPSA) is 75.7 Å². The average Bonchev–Trinajstić information content (AvgIpc) is 2.69. The highest BCUT2D eigenvalue weighted by atomic mass is 32.2. The molecule has 1 fully saturated rings. The van der Waals surface area contributed by atoms with E-state index in [-0.39, 0.29) is 35.8 Å². The SMILES string of the molecule is CC1CN(S(=O)(=O)c2cccc(C(=O)NC(C)c3ccc(F)c(F)c3)c2)CC(C)O1. The zero-order chi connectivity index (χ0) is 22.1. The summed E-state index contributed by atoms with van der Waals surface area (Å²) in [6.07, 6.45) is -0.459. The quantitative estimate of drug-likeness (QED) is 0.778. The van der Waals surface area contributed by atoms with Gasteiger partial charge in [0.15, 0.2) is 11.6 Å². The molecule has 1 saturated heterocycles. The van der Waals surface area contributed by atoms with E-state index in [1.807, 2.05) is 13.8 Å². The normalized spacial score (nSPS) is 21.2. The summed E-state index contributed by atoms with van der Waals surface area (Å²) in [5, 5.41) is 2.67. The van der Waals surface area contributed by atoms with Crippen molar-refractivity contribution in [2.45, 2.75) is 43.9 Å². The number of sulfonamides is 1. The number of hydrogen-bond donors (Lipinski definition) is 1. The van der Waals surface area contributed by atoms with E-state index in [0.717, 1.165) is 12.1 Å². The minimum Gasteiger partial charge on any atom is -0.373 e.